The van der Waals surface area contributed by atoms with Gasteiger partial charge >= 0.3 is 0 Å². The van der Waals surface area contributed by atoms with Gasteiger partial charge in [0.15, 0.2) is 0 Å². The summed E-state index contributed by atoms with van der Waals surface area (Å²) in [5.74, 6) is 0.681. The Morgan fingerprint density at radius 3 is 3.25 bits per heavy atom. The molecule has 0 aromatic carbocycles. The summed E-state index contributed by atoms with van der Waals surface area (Å²) in [6.07, 6.45) is 4.09. The van der Waals surface area contributed by atoms with E-state index in [4.69, 9.17) is 0 Å². The summed E-state index contributed by atoms with van der Waals surface area (Å²) in [6.45, 7) is 0. The van der Waals surface area contributed by atoms with E-state index in [1.807, 2.05) is 24.4 Å². The Bertz CT molecular complexity index is 407. The van der Waals surface area contributed by atoms with Gasteiger partial charge in [0.2, 0.25) is 6.41 Å². The molecule has 0 saturated carbocycles. The second kappa shape index (κ2) is 2.65. The average Bonchev–Trinajstić information content (AvgIpc) is 2.50. The molecule has 1 N–H and O–H groups in total. The maximum Gasteiger partial charge on any atom is 0.212 e. The molecule has 0 unspecified atom stereocenters. The number of nitrogens with one attached hydrogen (secondary N) is 1. The van der Waals surface area contributed by atoms with E-state index in [0.717, 1.165) is 5.65 Å². The van der Waals surface area contributed by atoms with Crippen LogP contribution in [-0.2, 0) is 4.79 Å². The van der Waals surface area contributed by atoms with E-state index in [9.17, 15) is 4.79 Å². The predicted molar refractivity (Wildman–Crippen MR) is 44.9 cm³/mol. The SMILES string of the molecule is O=CNc1cnc2ccccn12. The minimum Gasteiger partial charge on any atom is -0.313 e. The second-order valence-electron chi connectivity index (χ2n) is 2.33. The molecule has 0 saturated heterocycles. The van der Waals surface area contributed by atoms with Crippen molar-refractivity contribution >= 4 is 17.9 Å². The first-order chi connectivity index (χ1) is 5.92. The molecule has 2 rings (SSSR count). The van der Waals surface area contributed by atoms with Crippen LogP contribution in [0.5, 0.6) is 0 Å². The summed E-state index contributed by atoms with van der Waals surface area (Å²) in [4.78, 5) is 14.2. The molecule has 0 aliphatic rings. The lowest BCUT2D eigenvalue weighted by Crippen LogP contribution is -1.96. The fourth-order valence-corrected chi connectivity index (χ4v) is 1.10. The zero-order valence-electron chi connectivity index (χ0n) is 6.27. The quantitative estimate of drug-likeness (QED) is 0.665. The standard InChI is InChI=1S/C8H7N3O/c12-6-10-8-5-9-7-3-1-2-4-11(7)8/h1-6H,(H,10,12). The van der Waals surface area contributed by atoms with Gasteiger partial charge in [-0.05, 0) is 12.1 Å². The van der Waals surface area contributed by atoms with E-state index in [-0.39, 0.29) is 0 Å². The van der Waals surface area contributed by atoms with Gasteiger partial charge in [-0.25, -0.2) is 4.98 Å². The molecule has 0 aliphatic heterocycles. The van der Waals surface area contributed by atoms with Gasteiger partial charge in [-0.1, -0.05) is 6.07 Å². The number of nitrogens with zero attached hydrogens (tertiary/aromatic N) is 2. The number of amides is 1. The lowest BCUT2D eigenvalue weighted by Gasteiger charge is -1.96. The van der Waals surface area contributed by atoms with Gasteiger partial charge in [0.05, 0.1) is 6.20 Å². The number of carbonyl (C=O) groups is 1. The molecular formula is C8H7N3O. The maximum atomic E-state index is 10.2. The highest BCUT2D eigenvalue weighted by atomic mass is 16.1. The highest BCUT2D eigenvalue weighted by Gasteiger charge is 1.98. The summed E-state index contributed by atoms with van der Waals surface area (Å²) in [6, 6.07) is 5.65. The molecule has 4 heteroatoms. The minimum absolute atomic E-state index is 0.635. The van der Waals surface area contributed by atoms with Crippen molar-refractivity contribution in [3.63, 3.8) is 0 Å². The summed E-state index contributed by atoms with van der Waals surface area (Å²) < 4.78 is 1.80. The van der Waals surface area contributed by atoms with Crippen LogP contribution >= 0.6 is 0 Å². The van der Waals surface area contributed by atoms with Crippen molar-refractivity contribution in [2.75, 3.05) is 5.32 Å². The Balaban J connectivity index is 2.62. The zero-order valence-corrected chi connectivity index (χ0v) is 6.27. The second-order valence-corrected chi connectivity index (χ2v) is 2.33. The van der Waals surface area contributed by atoms with Crippen LogP contribution in [0.25, 0.3) is 5.65 Å². The van der Waals surface area contributed by atoms with Crippen molar-refractivity contribution in [3.05, 3.63) is 30.6 Å². The molecule has 2 aromatic rings. The van der Waals surface area contributed by atoms with Crippen molar-refractivity contribution < 1.29 is 4.79 Å². The molecule has 2 heterocycles. The van der Waals surface area contributed by atoms with Crippen molar-refractivity contribution in [1.82, 2.24) is 9.38 Å². The lowest BCUT2D eigenvalue weighted by atomic mass is 10.5. The van der Waals surface area contributed by atoms with Gasteiger partial charge in [-0.3, -0.25) is 9.20 Å². The monoisotopic (exact) mass is 161 g/mol. The molecular weight excluding hydrogens is 154 g/mol. The number of hydrogen-bond donors (Lipinski definition) is 1. The van der Waals surface area contributed by atoms with Crippen molar-refractivity contribution in [2.45, 2.75) is 0 Å². The van der Waals surface area contributed by atoms with Crippen LogP contribution in [-0.4, -0.2) is 15.8 Å². The molecule has 0 spiro atoms. The number of hydrogen-bond acceptors (Lipinski definition) is 2. The third kappa shape index (κ3) is 0.934. The van der Waals surface area contributed by atoms with Crippen LogP contribution in [0.15, 0.2) is 30.6 Å². The van der Waals surface area contributed by atoms with Crippen LogP contribution in [0.1, 0.15) is 0 Å². The maximum absolute atomic E-state index is 10.2. The number of aromatic nitrogens is 2. The molecule has 2 aromatic heterocycles. The molecule has 0 fully saturated rings. The van der Waals surface area contributed by atoms with Crippen LogP contribution in [0.4, 0.5) is 5.82 Å². The van der Waals surface area contributed by atoms with Gasteiger partial charge in [0.1, 0.15) is 11.5 Å². The first-order valence-corrected chi connectivity index (χ1v) is 3.54. The Kier molecular flexibility index (Phi) is 1.51. The fourth-order valence-electron chi connectivity index (χ4n) is 1.10. The minimum atomic E-state index is 0.635. The van der Waals surface area contributed by atoms with Gasteiger partial charge in [-0.2, -0.15) is 0 Å². The van der Waals surface area contributed by atoms with Crippen LogP contribution in [0.2, 0.25) is 0 Å². The van der Waals surface area contributed by atoms with Crippen LogP contribution in [0, 0.1) is 0 Å². The largest absolute Gasteiger partial charge is 0.313 e. The van der Waals surface area contributed by atoms with Crippen LogP contribution in [0.3, 0.4) is 0 Å². The van der Waals surface area contributed by atoms with E-state index in [0.29, 0.717) is 12.2 Å². The average molecular weight is 161 g/mol. The first-order valence-electron chi connectivity index (χ1n) is 3.54. The topological polar surface area (TPSA) is 46.4 Å². The Hall–Kier alpha value is -1.84. The highest BCUT2D eigenvalue weighted by Crippen LogP contribution is 2.09. The molecule has 12 heavy (non-hydrogen) atoms. The van der Waals surface area contributed by atoms with E-state index in [1.165, 1.54) is 0 Å². The highest BCUT2D eigenvalue weighted by molar-refractivity contribution is 5.70. The Morgan fingerprint density at radius 2 is 2.42 bits per heavy atom. The molecule has 0 bridgehead atoms. The molecule has 0 radical (unpaired) electrons. The van der Waals surface area contributed by atoms with Crippen molar-refractivity contribution in [1.29, 1.82) is 0 Å². The number of carbonyl (C=O) groups excluding carboxylic acids is 1. The summed E-state index contributed by atoms with van der Waals surface area (Å²) >= 11 is 0. The first kappa shape index (κ1) is 6.84. The number of rotatable bonds is 2. The molecule has 4 nitrogen and oxygen atoms in total. The Morgan fingerprint density at radius 1 is 1.50 bits per heavy atom. The summed E-state index contributed by atoms with van der Waals surface area (Å²) in [5.41, 5.74) is 0.821. The molecule has 0 atom stereocenters. The van der Waals surface area contributed by atoms with Crippen molar-refractivity contribution in [3.8, 4) is 0 Å². The third-order valence-corrected chi connectivity index (χ3v) is 1.62. The third-order valence-electron chi connectivity index (χ3n) is 1.62. The van der Waals surface area contributed by atoms with E-state index >= 15 is 0 Å². The summed E-state index contributed by atoms with van der Waals surface area (Å²) in [5, 5.41) is 2.55. The van der Waals surface area contributed by atoms with E-state index in [1.54, 1.807) is 10.6 Å². The predicted octanol–water partition coefficient (Wildman–Crippen LogP) is 0.903. The normalized spacial score (nSPS) is 10.0. The van der Waals surface area contributed by atoms with Gasteiger partial charge < -0.3 is 5.32 Å². The number of imidazole rings is 1. The molecule has 0 aliphatic carbocycles. The zero-order chi connectivity index (χ0) is 8.39. The van der Waals surface area contributed by atoms with Crippen LogP contribution < -0.4 is 5.32 Å². The number of pyridine rings is 1. The number of fused-ring (bicyclic) bond motifs is 1. The van der Waals surface area contributed by atoms with Gasteiger partial charge in [-0.15, -0.1) is 0 Å². The van der Waals surface area contributed by atoms with Crippen molar-refractivity contribution in [2.24, 2.45) is 0 Å². The smallest absolute Gasteiger partial charge is 0.212 e. The number of anilines is 1. The lowest BCUT2D eigenvalue weighted by molar-refractivity contribution is -0.105. The van der Waals surface area contributed by atoms with Gasteiger partial charge in [0.25, 0.3) is 0 Å². The molecule has 60 valence electrons. The fraction of sp³-hybridized carbons (Fsp3) is 0. The molecule has 1 amide bonds. The van der Waals surface area contributed by atoms with E-state index in [2.05, 4.69) is 10.3 Å². The van der Waals surface area contributed by atoms with E-state index < -0.39 is 0 Å². The summed E-state index contributed by atoms with van der Waals surface area (Å²) in [7, 11) is 0. The van der Waals surface area contributed by atoms with Gasteiger partial charge in [0, 0.05) is 6.20 Å². The Labute approximate surface area is 68.8 Å².